The molecule has 4 rings (SSSR count). The van der Waals surface area contributed by atoms with Crippen LogP contribution in [0.3, 0.4) is 0 Å². The lowest BCUT2D eigenvalue weighted by atomic mass is 9.97. The van der Waals surface area contributed by atoms with Gasteiger partial charge in [-0.3, -0.25) is 4.79 Å². The molecule has 2 saturated heterocycles. The number of rotatable bonds is 8. The minimum absolute atomic E-state index is 0.00725. The Balaban J connectivity index is 1.59. The van der Waals surface area contributed by atoms with Gasteiger partial charge in [-0.25, -0.2) is 8.42 Å². The molecule has 2 aliphatic rings. The van der Waals surface area contributed by atoms with Crippen molar-refractivity contribution in [3.05, 3.63) is 53.6 Å². The monoisotopic (exact) mass is 522 g/mol. The number of nitrogens with zero attached hydrogens (tertiary/aromatic N) is 2. The molecule has 0 N–H and O–H groups in total. The van der Waals surface area contributed by atoms with Crippen LogP contribution in [0.5, 0.6) is 11.5 Å². The van der Waals surface area contributed by atoms with E-state index in [1.165, 1.54) is 23.5 Å². The van der Waals surface area contributed by atoms with Crippen LogP contribution in [0.25, 0.3) is 0 Å². The lowest BCUT2D eigenvalue weighted by Gasteiger charge is -2.42. The molecule has 2 heterocycles. The Hall–Kier alpha value is -2.33. The number of sulfonamides is 1. The molecule has 35 heavy (non-hydrogen) atoms. The number of ether oxygens (including phenoxy) is 3. The van der Waals surface area contributed by atoms with Crippen molar-refractivity contribution in [2.45, 2.75) is 36.2 Å². The van der Waals surface area contributed by atoms with E-state index in [1.54, 1.807) is 36.4 Å². The second-order valence-corrected chi connectivity index (χ2v) is 11.3. The molecule has 10 heteroatoms. The highest BCUT2D eigenvalue weighted by atomic mass is 35.5. The maximum absolute atomic E-state index is 13.5. The second-order valence-electron chi connectivity index (χ2n) is 8.91. The number of hydrogen-bond donors (Lipinski definition) is 0. The number of benzene rings is 2. The fourth-order valence-corrected chi connectivity index (χ4v) is 6.19. The number of piperidine rings is 1. The summed E-state index contributed by atoms with van der Waals surface area (Å²) in [6.07, 6.45) is 3.07. The fraction of sp³-hybridized carbons (Fsp3) is 0.480. The van der Waals surface area contributed by atoms with Gasteiger partial charge in [0.2, 0.25) is 15.9 Å². The third kappa shape index (κ3) is 6.27. The van der Waals surface area contributed by atoms with Crippen LogP contribution < -0.4 is 9.47 Å². The van der Waals surface area contributed by atoms with Crippen LogP contribution >= 0.6 is 11.6 Å². The lowest BCUT2D eigenvalue weighted by molar-refractivity contribution is -0.151. The average Bonchev–Trinajstić information content (AvgIpc) is 2.88. The molecule has 2 aliphatic heterocycles. The van der Waals surface area contributed by atoms with Crippen molar-refractivity contribution in [1.29, 1.82) is 0 Å². The SMILES string of the molecule is COc1cccc(S(=O)(=O)N2CCO[C@@](COc3cccc(Cl)c3)(CC(=O)N3CCCCC3)C2)c1. The van der Waals surface area contributed by atoms with Gasteiger partial charge in [0, 0.05) is 37.3 Å². The molecule has 2 aromatic rings. The van der Waals surface area contributed by atoms with Gasteiger partial charge in [0.05, 0.1) is 25.0 Å². The van der Waals surface area contributed by atoms with Crippen LogP contribution in [-0.4, -0.2) is 75.6 Å². The van der Waals surface area contributed by atoms with E-state index in [1.807, 2.05) is 4.90 Å². The van der Waals surface area contributed by atoms with E-state index in [9.17, 15) is 13.2 Å². The first-order valence-electron chi connectivity index (χ1n) is 11.8. The molecule has 0 radical (unpaired) electrons. The summed E-state index contributed by atoms with van der Waals surface area (Å²) < 4.78 is 45.7. The Morgan fingerprint density at radius 2 is 1.80 bits per heavy atom. The molecular formula is C25H31ClN2O6S. The zero-order chi connectivity index (χ0) is 24.9. The molecule has 0 bridgehead atoms. The molecule has 8 nitrogen and oxygen atoms in total. The maximum atomic E-state index is 13.5. The van der Waals surface area contributed by atoms with Crippen molar-refractivity contribution in [1.82, 2.24) is 9.21 Å². The number of methoxy groups -OCH3 is 1. The summed E-state index contributed by atoms with van der Waals surface area (Å²) in [6.45, 7) is 1.74. The molecule has 0 saturated carbocycles. The summed E-state index contributed by atoms with van der Waals surface area (Å²) in [5, 5.41) is 0.521. The Labute approximate surface area is 211 Å². The highest BCUT2D eigenvalue weighted by Crippen LogP contribution is 2.30. The van der Waals surface area contributed by atoms with Gasteiger partial charge in [0.1, 0.15) is 23.7 Å². The zero-order valence-corrected chi connectivity index (χ0v) is 21.4. The van der Waals surface area contributed by atoms with E-state index in [0.29, 0.717) is 29.6 Å². The van der Waals surface area contributed by atoms with E-state index in [-0.39, 0.29) is 43.5 Å². The Morgan fingerprint density at radius 3 is 2.54 bits per heavy atom. The van der Waals surface area contributed by atoms with Crippen molar-refractivity contribution < 1.29 is 27.4 Å². The van der Waals surface area contributed by atoms with Gasteiger partial charge in [-0.05, 0) is 49.6 Å². The van der Waals surface area contributed by atoms with E-state index in [2.05, 4.69) is 0 Å². The minimum atomic E-state index is -3.84. The van der Waals surface area contributed by atoms with Gasteiger partial charge in [-0.15, -0.1) is 0 Å². The first kappa shape index (κ1) is 25.8. The fourth-order valence-electron chi connectivity index (χ4n) is 4.47. The normalized spacial score (nSPS) is 21.5. The molecule has 2 aromatic carbocycles. The smallest absolute Gasteiger partial charge is 0.243 e. The van der Waals surface area contributed by atoms with Gasteiger partial charge in [-0.1, -0.05) is 23.7 Å². The van der Waals surface area contributed by atoms with Crippen molar-refractivity contribution in [3.63, 3.8) is 0 Å². The van der Waals surface area contributed by atoms with Crippen LogP contribution in [-0.2, 0) is 19.6 Å². The zero-order valence-electron chi connectivity index (χ0n) is 19.8. The Bertz CT molecular complexity index is 1140. The van der Waals surface area contributed by atoms with E-state index in [0.717, 1.165) is 19.3 Å². The van der Waals surface area contributed by atoms with Crippen molar-refractivity contribution >= 4 is 27.5 Å². The number of morpholine rings is 1. The first-order chi connectivity index (χ1) is 16.8. The van der Waals surface area contributed by atoms with Gasteiger partial charge < -0.3 is 19.1 Å². The summed E-state index contributed by atoms with van der Waals surface area (Å²) >= 11 is 6.09. The average molecular weight is 523 g/mol. The number of likely N-dealkylation sites (tertiary alicyclic amines) is 1. The first-order valence-corrected chi connectivity index (χ1v) is 13.6. The number of hydrogen-bond acceptors (Lipinski definition) is 6. The van der Waals surface area contributed by atoms with E-state index in [4.69, 9.17) is 25.8 Å². The summed E-state index contributed by atoms with van der Waals surface area (Å²) in [7, 11) is -2.35. The predicted octanol–water partition coefficient (Wildman–Crippen LogP) is 3.59. The standard InChI is InChI=1S/C25H31ClN2O6S/c1-32-21-8-6-10-23(16-21)35(30,31)28-13-14-34-25(18-28,17-24(29)27-11-3-2-4-12-27)19-33-22-9-5-7-20(26)15-22/h5-10,15-16H,2-4,11-14,17-19H2,1H3/t25-/m0/s1. The number of carbonyl (C=O) groups excluding carboxylic acids is 1. The van der Waals surface area contributed by atoms with Crippen LogP contribution in [0.1, 0.15) is 25.7 Å². The van der Waals surface area contributed by atoms with E-state index < -0.39 is 15.6 Å². The molecule has 1 amide bonds. The highest BCUT2D eigenvalue weighted by molar-refractivity contribution is 7.89. The molecule has 0 spiro atoms. The van der Waals surface area contributed by atoms with Gasteiger partial charge >= 0.3 is 0 Å². The third-order valence-electron chi connectivity index (χ3n) is 6.37. The molecule has 0 aliphatic carbocycles. The van der Waals surface area contributed by atoms with Gasteiger partial charge in [-0.2, -0.15) is 4.31 Å². The van der Waals surface area contributed by atoms with Crippen LogP contribution in [0.15, 0.2) is 53.4 Å². The summed E-state index contributed by atoms with van der Waals surface area (Å²) in [4.78, 5) is 15.2. The van der Waals surface area contributed by atoms with Crippen LogP contribution in [0.2, 0.25) is 5.02 Å². The molecule has 190 valence electrons. The topological polar surface area (TPSA) is 85.4 Å². The third-order valence-corrected chi connectivity index (χ3v) is 8.45. The van der Waals surface area contributed by atoms with Crippen molar-refractivity contribution in [3.8, 4) is 11.5 Å². The molecule has 0 unspecified atom stereocenters. The maximum Gasteiger partial charge on any atom is 0.243 e. The lowest BCUT2D eigenvalue weighted by Crippen LogP contribution is -2.58. The van der Waals surface area contributed by atoms with Gasteiger partial charge in [0.15, 0.2) is 0 Å². The summed E-state index contributed by atoms with van der Waals surface area (Å²) in [5.74, 6) is 0.925. The van der Waals surface area contributed by atoms with Crippen molar-refractivity contribution in [2.75, 3.05) is 46.5 Å². The van der Waals surface area contributed by atoms with Crippen LogP contribution in [0.4, 0.5) is 0 Å². The minimum Gasteiger partial charge on any atom is -0.497 e. The molecule has 2 fully saturated rings. The van der Waals surface area contributed by atoms with Crippen molar-refractivity contribution in [2.24, 2.45) is 0 Å². The quantitative estimate of drug-likeness (QED) is 0.526. The number of carbonyl (C=O) groups is 1. The number of amides is 1. The predicted molar refractivity (Wildman–Crippen MR) is 132 cm³/mol. The van der Waals surface area contributed by atoms with Gasteiger partial charge in [0.25, 0.3) is 0 Å². The molecule has 0 aromatic heterocycles. The Kier molecular flexibility index (Phi) is 8.21. The Morgan fingerprint density at radius 1 is 1.06 bits per heavy atom. The summed E-state index contributed by atoms with van der Waals surface area (Å²) in [5.41, 5.74) is -1.14. The molecular weight excluding hydrogens is 492 g/mol. The highest BCUT2D eigenvalue weighted by Gasteiger charge is 2.44. The van der Waals surface area contributed by atoms with Crippen LogP contribution in [0, 0.1) is 0 Å². The number of halogens is 1. The molecule has 1 atom stereocenters. The van der Waals surface area contributed by atoms with E-state index >= 15 is 0 Å². The largest absolute Gasteiger partial charge is 0.497 e. The second kappa shape index (κ2) is 11.2. The summed E-state index contributed by atoms with van der Waals surface area (Å²) in [6, 6.07) is 13.3.